The maximum atomic E-state index is 6.50. The first-order valence-corrected chi connectivity index (χ1v) is 7.98. The predicted octanol–water partition coefficient (Wildman–Crippen LogP) is 5.36. The van der Waals surface area contributed by atoms with Crippen LogP contribution in [0.4, 0.5) is 0 Å². The van der Waals surface area contributed by atoms with Crippen molar-refractivity contribution in [2.24, 2.45) is 0 Å². The number of hydrogen-bond donors (Lipinski definition) is 0. The third-order valence-electron chi connectivity index (χ3n) is 3.28. The molecule has 0 aliphatic heterocycles. The fraction of sp³-hybridized carbons (Fsp3) is 0.118. The van der Waals surface area contributed by atoms with Crippen molar-refractivity contribution in [1.82, 2.24) is 4.98 Å². The van der Waals surface area contributed by atoms with Crippen LogP contribution in [0.1, 0.15) is 16.6 Å². The number of nitrogens with zero attached hydrogens (tertiary/aromatic N) is 1. The highest BCUT2D eigenvalue weighted by molar-refractivity contribution is 14.1. The highest BCUT2D eigenvalue weighted by atomic mass is 127. The maximum Gasteiger partial charge on any atom is 0.0705 e. The number of alkyl halides is 1. The highest BCUT2D eigenvalue weighted by Gasteiger charge is 2.10. The van der Waals surface area contributed by atoms with Gasteiger partial charge in [-0.25, -0.2) is 0 Å². The van der Waals surface area contributed by atoms with E-state index < -0.39 is 0 Å². The average Bonchev–Trinajstić information content (AvgIpc) is 2.48. The van der Waals surface area contributed by atoms with Crippen molar-refractivity contribution >= 4 is 45.1 Å². The molecule has 0 saturated carbocycles. The number of benzene rings is 2. The van der Waals surface area contributed by atoms with E-state index in [1.165, 1.54) is 3.57 Å². The summed E-state index contributed by atoms with van der Waals surface area (Å²) in [5.74, 6) is 0. The molecule has 0 spiro atoms. The van der Waals surface area contributed by atoms with Gasteiger partial charge < -0.3 is 0 Å². The molecule has 0 aliphatic carbocycles. The summed E-state index contributed by atoms with van der Waals surface area (Å²) in [6.45, 7) is 0. The van der Waals surface area contributed by atoms with Crippen LogP contribution in [-0.2, 0) is 6.42 Å². The Morgan fingerprint density at radius 3 is 2.50 bits per heavy atom. The first-order valence-electron chi connectivity index (χ1n) is 6.46. The van der Waals surface area contributed by atoms with E-state index in [9.17, 15) is 0 Å². The van der Waals surface area contributed by atoms with Crippen LogP contribution >= 0.6 is 34.2 Å². The zero-order chi connectivity index (χ0) is 13.9. The molecule has 3 heteroatoms. The summed E-state index contributed by atoms with van der Waals surface area (Å²) in [7, 11) is 0. The summed E-state index contributed by atoms with van der Waals surface area (Å²) in [6, 6.07) is 20.6. The molecule has 0 saturated heterocycles. The van der Waals surface area contributed by atoms with Crippen LogP contribution in [-0.4, -0.2) is 4.98 Å². The normalized spacial score (nSPS) is 12.5. The molecule has 1 aromatic heterocycles. The Labute approximate surface area is 137 Å². The quantitative estimate of drug-likeness (QED) is 0.431. The van der Waals surface area contributed by atoms with Gasteiger partial charge in [-0.3, -0.25) is 4.98 Å². The van der Waals surface area contributed by atoms with E-state index in [-0.39, 0.29) is 5.38 Å². The Kier molecular flexibility index (Phi) is 4.22. The van der Waals surface area contributed by atoms with Crippen molar-refractivity contribution in [2.75, 3.05) is 0 Å². The lowest BCUT2D eigenvalue weighted by Gasteiger charge is -2.10. The Morgan fingerprint density at radius 2 is 1.70 bits per heavy atom. The molecule has 0 N–H and O–H groups in total. The van der Waals surface area contributed by atoms with Gasteiger partial charge in [0.05, 0.1) is 10.9 Å². The molecular weight excluding hydrogens is 381 g/mol. The molecule has 0 aliphatic rings. The van der Waals surface area contributed by atoms with Crippen LogP contribution in [0.5, 0.6) is 0 Å². The molecule has 2 aromatic carbocycles. The van der Waals surface area contributed by atoms with Gasteiger partial charge in [-0.15, -0.1) is 11.6 Å². The Bertz CT molecular complexity index is 724. The molecule has 1 atom stereocenters. The summed E-state index contributed by atoms with van der Waals surface area (Å²) < 4.78 is 1.22. The minimum Gasteiger partial charge on any atom is -0.253 e. The van der Waals surface area contributed by atoms with E-state index in [4.69, 9.17) is 11.6 Å². The summed E-state index contributed by atoms with van der Waals surface area (Å²) in [5.41, 5.74) is 3.20. The van der Waals surface area contributed by atoms with Gasteiger partial charge >= 0.3 is 0 Å². The van der Waals surface area contributed by atoms with Crippen LogP contribution < -0.4 is 0 Å². The second-order valence-electron chi connectivity index (χ2n) is 4.72. The van der Waals surface area contributed by atoms with E-state index in [1.54, 1.807) is 0 Å². The van der Waals surface area contributed by atoms with Gasteiger partial charge in [0.15, 0.2) is 0 Å². The lowest BCUT2D eigenvalue weighted by molar-refractivity contribution is 0.888. The fourth-order valence-corrected chi connectivity index (χ4v) is 2.86. The summed E-state index contributed by atoms with van der Waals surface area (Å²) in [5, 5.41) is 1.12. The second kappa shape index (κ2) is 6.10. The third-order valence-corrected chi connectivity index (χ3v) is 4.40. The third kappa shape index (κ3) is 3.13. The number of pyridine rings is 1. The van der Waals surface area contributed by atoms with Crippen molar-refractivity contribution in [1.29, 1.82) is 0 Å². The van der Waals surface area contributed by atoms with Gasteiger partial charge in [-0.05, 0) is 52.4 Å². The zero-order valence-electron chi connectivity index (χ0n) is 10.8. The average molecular weight is 394 g/mol. The summed E-state index contributed by atoms with van der Waals surface area (Å²) in [6.07, 6.45) is 0.743. The van der Waals surface area contributed by atoms with E-state index in [2.05, 4.69) is 70.0 Å². The Balaban J connectivity index is 1.83. The number of fused-ring (bicyclic) bond motifs is 1. The largest absolute Gasteiger partial charge is 0.253 e. The van der Waals surface area contributed by atoms with Gasteiger partial charge in [-0.1, -0.05) is 36.4 Å². The molecule has 1 unspecified atom stereocenters. The lowest BCUT2D eigenvalue weighted by Crippen LogP contribution is -1.98. The van der Waals surface area contributed by atoms with Crippen LogP contribution in [0.2, 0.25) is 0 Å². The van der Waals surface area contributed by atoms with Crippen molar-refractivity contribution in [2.45, 2.75) is 11.8 Å². The molecule has 1 nitrogen and oxygen atoms in total. The van der Waals surface area contributed by atoms with Crippen LogP contribution in [0.3, 0.4) is 0 Å². The topological polar surface area (TPSA) is 12.9 Å². The van der Waals surface area contributed by atoms with Crippen LogP contribution in [0.25, 0.3) is 10.9 Å². The smallest absolute Gasteiger partial charge is 0.0705 e. The molecule has 100 valence electrons. The number of para-hydroxylation sites is 1. The van der Waals surface area contributed by atoms with Gasteiger partial charge in [-0.2, -0.15) is 0 Å². The number of hydrogen-bond acceptors (Lipinski definition) is 1. The van der Waals surface area contributed by atoms with Crippen LogP contribution in [0, 0.1) is 3.57 Å². The van der Waals surface area contributed by atoms with Gasteiger partial charge in [0, 0.05) is 21.1 Å². The number of aromatic nitrogens is 1. The minimum atomic E-state index is -0.0411. The van der Waals surface area contributed by atoms with Crippen molar-refractivity contribution in [3.63, 3.8) is 0 Å². The molecule has 0 amide bonds. The molecule has 1 heterocycles. The molecule has 20 heavy (non-hydrogen) atoms. The second-order valence-corrected chi connectivity index (χ2v) is 6.49. The van der Waals surface area contributed by atoms with Crippen LogP contribution in [0.15, 0.2) is 60.7 Å². The molecule has 0 radical (unpaired) electrons. The highest BCUT2D eigenvalue weighted by Crippen LogP contribution is 2.25. The molecule has 3 aromatic rings. The number of rotatable bonds is 3. The van der Waals surface area contributed by atoms with Crippen molar-refractivity contribution in [3.8, 4) is 0 Å². The first kappa shape index (κ1) is 13.8. The zero-order valence-corrected chi connectivity index (χ0v) is 13.7. The summed E-state index contributed by atoms with van der Waals surface area (Å²) >= 11 is 8.80. The Morgan fingerprint density at radius 1 is 0.950 bits per heavy atom. The first-order chi connectivity index (χ1) is 9.72. The Hall–Kier alpha value is -1.13. The molecular formula is C17H13ClIN. The van der Waals surface area contributed by atoms with Gasteiger partial charge in [0.1, 0.15) is 0 Å². The SMILES string of the molecule is ClC(Cc1ccc2ccccc2n1)c1ccc(I)cc1. The van der Waals surface area contributed by atoms with Gasteiger partial charge in [0.25, 0.3) is 0 Å². The van der Waals surface area contributed by atoms with E-state index in [0.717, 1.165) is 28.6 Å². The molecule has 0 bridgehead atoms. The van der Waals surface area contributed by atoms with E-state index >= 15 is 0 Å². The van der Waals surface area contributed by atoms with E-state index in [1.807, 2.05) is 18.2 Å². The van der Waals surface area contributed by atoms with Crippen molar-refractivity contribution < 1.29 is 0 Å². The number of halogens is 2. The van der Waals surface area contributed by atoms with Crippen molar-refractivity contribution in [3.05, 3.63) is 75.5 Å². The fourth-order valence-electron chi connectivity index (χ4n) is 2.19. The van der Waals surface area contributed by atoms with E-state index in [0.29, 0.717) is 0 Å². The maximum absolute atomic E-state index is 6.50. The lowest BCUT2D eigenvalue weighted by atomic mass is 10.1. The standard InChI is InChI=1S/C17H13ClIN/c18-16(12-5-8-14(19)9-6-12)11-15-10-7-13-3-1-2-4-17(13)20-15/h1-10,16H,11H2. The molecule has 0 fully saturated rings. The van der Waals surface area contributed by atoms with Gasteiger partial charge in [0.2, 0.25) is 0 Å². The monoisotopic (exact) mass is 393 g/mol. The minimum absolute atomic E-state index is 0.0411. The molecule has 3 rings (SSSR count). The predicted molar refractivity (Wildman–Crippen MR) is 93.2 cm³/mol. The summed E-state index contributed by atoms with van der Waals surface area (Å²) in [4.78, 5) is 4.67.